The molecule has 2 amide bonds. The maximum atomic E-state index is 14.4. The van der Waals surface area contributed by atoms with Gasteiger partial charge in [0, 0.05) is 36.0 Å². The van der Waals surface area contributed by atoms with E-state index in [2.05, 4.69) is 5.10 Å². The number of amides is 2. The van der Waals surface area contributed by atoms with E-state index in [1.807, 2.05) is 36.4 Å². The second-order valence-electron chi connectivity index (χ2n) is 8.19. The summed E-state index contributed by atoms with van der Waals surface area (Å²) in [4.78, 5) is 26.9. The van der Waals surface area contributed by atoms with Gasteiger partial charge in [0.15, 0.2) is 0 Å². The third-order valence-electron chi connectivity index (χ3n) is 5.87. The van der Waals surface area contributed by atoms with E-state index in [9.17, 15) is 24.3 Å². The van der Waals surface area contributed by atoms with Gasteiger partial charge in [-0.15, -0.1) is 0 Å². The lowest BCUT2D eigenvalue weighted by molar-refractivity contribution is -0.140. The van der Waals surface area contributed by atoms with Crippen molar-refractivity contribution in [3.63, 3.8) is 0 Å². The molecule has 4 rings (SSSR count). The summed E-state index contributed by atoms with van der Waals surface area (Å²) < 4.78 is 16.0. The Labute approximate surface area is 202 Å². The lowest BCUT2D eigenvalue weighted by Crippen LogP contribution is -2.43. The van der Waals surface area contributed by atoms with Crippen molar-refractivity contribution >= 4 is 17.9 Å². The van der Waals surface area contributed by atoms with E-state index in [0.29, 0.717) is 22.4 Å². The standard InChI is InChI=1S/C27H23FN4O3/c1-17-9-10-19(14-24(17)28)25-20(16-32(30-25)21-7-4-3-5-8-21)13-22-18(2)23(15-29)27(35)31(26(22)34)11-6-12-33/h3-5,7-10,13-14,16,33H,6,11-12H2,1-2H3/b22-13-. The average molecular weight is 471 g/mol. The molecular weight excluding hydrogens is 447 g/mol. The smallest absolute Gasteiger partial charge is 0.271 e. The Bertz CT molecular complexity index is 1410. The Hall–Kier alpha value is -4.35. The van der Waals surface area contributed by atoms with E-state index in [0.717, 1.165) is 10.6 Å². The summed E-state index contributed by atoms with van der Waals surface area (Å²) in [5, 5.41) is 23.4. The molecule has 1 aliphatic heterocycles. The van der Waals surface area contributed by atoms with Crippen LogP contribution in [0.1, 0.15) is 24.5 Å². The van der Waals surface area contributed by atoms with Crippen molar-refractivity contribution in [2.45, 2.75) is 20.3 Å². The van der Waals surface area contributed by atoms with E-state index < -0.39 is 11.8 Å². The first kappa shape index (κ1) is 23.8. The van der Waals surface area contributed by atoms with Crippen molar-refractivity contribution < 1.29 is 19.1 Å². The van der Waals surface area contributed by atoms with Crippen LogP contribution in [0.5, 0.6) is 0 Å². The Balaban J connectivity index is 1.91. The van der Waals surface area contributed by atoms with Gasteiger partial charge in [-0.1, -0.05) is 30.3 Å². The fraction of sp³-hybridized carbons (Fsp3) is 0.185. The summed E-state index contributed by atoms with van der Waals surface area (Å²) in [6.07, 6.45) is 3.49. The number of aryl methyl sites for hydroxylation is 1. The minimum absolute atomic E-state index is 0.0106. The van der Waals surface area contributed by atoms with Gasteiger partial charge in [-0.05, 0) is 55.7 Å². The number of carbonyl (C=O) groups excluding carboxylic acids is 2. The molecule has 3 aromatic rings. The second kappa shape index (κ2) is 9.87. The van der Waals surface area contributed by atoms with Crippen molar-refractivity contribution in [2.75, 3.05) is 13.2 Å². The number of halogens is 1. The van der Waals surface area contributed by atoms with Gasteiger partial charge in [-0.25, -0.2) is 9.07 Å². The van der Waals surface area contributed by atoms with E-state index in [4.69, 9.17) is 0 Å². The second-order valence-corrected chi connectivity index (χ2v) is 8.19. The van der Waals surface area contributed by atoms with Crippen LogP contribution in [0, 0.1) is 24.1 Å². The highest BCUT2D eigenvalue weighted by Gasteiger charge is 2.35. The van der Waals surface area contributed by atoms with Crippen LogP contribution in [-0.2, 0) is 9.59 Å². The van der Waals surface area contributed by atoms with E-state index in [1.165, 1.54) is 6.07 Å². The number of hydrogen-bond acceptors (Lipinski definition) is 5. The number of hydrogen-bond donors (Lipinski definition) is 1. The molecule has 0 fully saturated rings. The molecule has 1 aliphatic rings. The number of aliphatic hydroxyl groups is 1. The van der Waals surface area contributed by atoms with Gasteiger partial charge in [0.25, 0.3) is 11.8 Å². The molecule has 2 aromatic carbocycles. The third-order valence-corrected chi connectivity index (χ3v) is 5.87. The summed E-state index contributed by atoms with van der Waals surface area (Å²) in [6.45, 7) is 3.01. The van der Waals surface area contributed by atoms with E-state index in [1.54, 1.807) is 42.9 Å². The number of nitrogens with zero attached hydrogens (tertiary/aromatic N) is 4. The van der Waals surface area contributed by atoms with Crippen LogP contribution in [0.4, 0.5) is 4.39 Å². The Morgan fingerprint density at radius 3 is 2.51 bits per heavy atom. The van der Waals surface area contributed by atoms with Crippen LogP contribution in [0.25, 0.3) is 23.0 Å². The molecular formula is C27H23FN4O3. The molecule has 35 heavy (non-hydrogen) atoms. The Kier molecular flexibility index (Phi) is 6.71. The number of rotatable bonds is 6. The zero-order chi connectivity index (χ0) is 25.1. The molecule has 0 aliphatic carbocycles. The van der Waals surface area contributed by atoms with Crippen LogP contribution in [-0.4, -0.2) is 44.8 Å². The molecule has 7 nitrogen and oxygen atoms in total. The molecule has 2 heterocycles. The first-order chi connectivity index (χ1) is 16.8. The van der Waals surface area contributed by atoms with Crippen molar-refractivity contribution in [3.8, 4) is 23.0 Å². The number of carbonyl (C=O) groups is 2. The molecule has 0 bridgehead atoms. The quantitative estimate of drug-likeness (QED) is 0.434. The van der Waals surface area contributed by atoms with Gasteiger partial charge in [0.2, 0.25) is 0 Å². The summed E-state index contributed by atoms with van der Waals surface area (Å²) >= 11 is 0. The molecule has 1 N–H and O–H groups in total. The van der Waals surface area contributed by atoms with Gasteiger partial charge in [0.1, 0.15) is 23.2 Å². The number of benzene rings is 2. The first-order valence-electron chi connectivity index (χ1n) is 11.1. The lowest BCUT2D eigenvalue weighted by Gasteiger charge is -2.27. The SMILES string of the molecule is CC1=C(C#N)C(=O)N(CCCO)C(=O)/C1=C\c1cn(-c2ccccc2)nc1-c1ccc(C)c(F)c1. The van der Waals surface area contributed by atoms with Crippen molar-refractivity contribution in [1.82, 2.24) is 14.7 Å². The fourth-order valence-electron chi connectivity index (χ4n) is 3.89. The monoisotopic (exact) mass is 470 g/mol. The van der Waals surface area contributed by atoms with Gasteiger partial charge >= 0.3 is 0 Å². The molecule has 8 heteroatoms. The minimum Gasteiger partial charge on any atom is -0.396 e. The summed E-state index contributed by atoms with van der Waals surface area (Å²) in [7, 11) is 0. The van der Waals surface area contributed by atoms with Crippen LogP contribution >= 0.6 is 0 Å². The number of para-hydroxylation sites is 1. The van der Waals surface area contributed by atoms with Crippen molar-refractivity contribution in [2.24, 2.45) is 0 Å². The van der Waals surface area contributed by atoms with Gasteiger partial charge in [0.05, 0.1) is 5.69 Å². The normalized spacial score (nSPS) is 15.2. The minimum atomic E-state index is -0.679. The number of aromatic nitrogens is 2. The lowest BCUT2D eigenvalue weighted by atomic mass is 9.93. The summed E-state index contributed by atoms with van der Waals surface area (Å²) in [5.41, 5.74) is 3.05. The zero-order valence-electron chi connectivity index (χ0n) is 19.3. The van der Waals surface area contributed by atoms with Crippen LogP contribution < -0.4 is 0 Å². The number of imide groups is 1. The molecule has 0 saturated heterocycles. The molecule has 0 radical (unpaired) electrons. The number of aliphatic hydroxyl groups excluding tert-OH is 1. The van der Waals surface area contributed by atoms with Gasteiger partial charge < -0.3 is 5.11 Å². The topological polar surface area (TPSA) is 99.2 Å². The fourth-order valence-corrected chi connectivity index (χ4v) is 3.89. The first-order valence-corrected chi connectivity index (χ1v) is 11.1. The van der Waals surface area contributed by atoms with Crippen LogP contribution in [0.2, 0.25) is 0 Å². The van der Waals surface area contributed by atoms with Crippen molar-refractivity contribution in [1.29, 1.82) is 5.26 Å². The zero-order valence-corrected chi connectivity index (χ0v) is 19.3. The Morgan fingerprint density at radius 2 is 1.86 bits per heavy atom. The Morgan fingerprint density at radius 1 is 1.11 bits per heavy atom. The van der Waals surface area contributed by atoms with E-state index >= 15 is 0 Å². The van der Waals surface area contributed by atoms with Crippen LogP contribution in [0.3, 0.4) is 0 Å². The number of nitriles is 1. The highest BCUT2D eigenvalue weighted by molar-refractivity contribution is 6.19. The van der Waals surface area contributed by atoms with E-state index in [-0.39, 0.29) is 42.1 Å². The van der Waals surface area contributed by atoms with Crippen LogP contribution in [0.15, 0.2) is 71.4 Å². The average Bonchev–Trinajstić information content (AvgIpc) is 3.28. The highest BCUT2D eigenvalue weighted by Crippen LogP contribution is 2.31. The molecule has 0 unspecified atom stereocenters. The molecule has 0 atom stereocenters. The predicted molar refractivity (Wildman–Crippen MR) is 128 cm³/mol. The molecule has 0 spiro atoms. The summed E-state index contributed by atoms with van der Waals surface area (Å²) in [5.74, 6) is -1.62. The molecule has 0 saturated carbocycles. The van der Waals surface area contributed by atoms with Crippen molar-refractivity contribution in [3.05, 3.63) is 88.4 Å². The largest absolute Gasteiger partial charge is 0.396 e. The van der Waals surface area contributed by atoms with Gasteiger partial charge in [-0.3, -0.25) is 14.5 Å². The summed E-state index contributed by atoms with van der Waals surface area (Å²) in [6, 6.07) is 16.0. The molecule has 176 valence electrons. The third kappa shape index (κ3) is 4.54. The predicted octanol–water partition coefficient (Wildman–Crippen LogP) is 3.96. The maximum absolute atomic E-state index is 14.4. The highest BCUT2D eigenvalue weighted by atomic mass is 19.1. The van der Waals surface area contributed by atoms with Gasteiger partial charge in [-0.2, -0.15) is 10.4 Å². The maximum Gasteiger partial charge on any atom is 0.271 e. The molecule has 1 aromatic heterocycles.